The molecule has 2 N–H and O–H groups in total. The SMILES string of the molecule is O=S(=O)(Nc1nccs1)c1ccc2c(-c3ccc(CF)cc3O)ncnc2c1. The van der Waals surface area contributed by atoms with Gasteiger partial charge in [0.1, 0.15) is 18.8 Å². The molecule has 0 fully saturated rings. The second kappa shape index (κ2) is 7.13. The molecule has 0 unspecified atom stereocenters. The van der Waals surface area contributed by atoms with E-state index in [4.69, 9.17) is 0 Å². The smallest absolute Gasteiger partial charge is 0.263 e. The van der Waals surface area contributed by atoms with Crippen LogP contribution in [0.1, 0.15) is 5.56 Å². The number of hydrogen-bond acceptors (Lipinski definition) is 7. The van der Waals surface area contributed by atoms with Gasteiger partial charge in [-0.05, 0) is 35.9 Å². The molecule has 0 aliphatic heterocycles. The third-order valence-corrected chi connectivity index (χ3v) is 6.20. The minimum Gasteiger partial charge on any atom is -0.507 e. The van der Waals surface area contributed by atoms with Crippen LogP contribution in [-0.2, 0) is 16.7 Å². The first-order chi connectivity index (χ1) is 13.5. The second-order valence-corrected chi connectivity index (χ2v) is 8.41. The molecule has 0 saturated carbocycles. The van der Waals surface area contributed by atoms with Gasteiger partial charge >= 0.3 is 0 Å². The third-order valence-electron chi connectivity index (χ3n) is 4.04. The Hall–Kier alpha value is -3.11. The number of fused-ring (bicyclic) bond motifs is 1. The number of phenols is 1. The molecular formula is C18H13FN4O3S2. The van der Waals surface area contributed by atoms with Gasteiger partial charge in [-0.15, -0.1) is 11.3 Å². The molecule has 0 saturated heterocycles. The Morgan fingerprint density at radius 3 is 2.68 bits per heavy atom. The molecule has 2 aromatic heterocycles. The quantitative estimate of drug-likeness (QED) is 0.514. The number of aromatic hydroxyl groups is 1. The lowest BCUT2D eigenvalue weighted by Gasteiger charge is -2.10. The van der Waals surface area contributed by atoms with E-state index in [1.165, 1.54) is 42.1 Å². The number of aromatic nitrogens is 3. The van der Waals surface area contributed by atoms with Crippen LogP contribution in [0.2, 0.25) is 0 Å². The van der Waals surface area contributed by atoms with Crippen molar-refractivity contribution < 1.29 is 17.9 Å². The molecule has 4 rings (SSSR count). The predicted molar refractivity (Wildman–Crippen MR) is 104 cm³/mol. The Morgan fingerprint density at radius 2 is 1.96 bits per heavy atom. The lowest BCUT2D eigenvalue weighted by atomic mass is 10.0. The van der Waals surface area contributed by atoms with Gasteiger partial charge in [0.25, 0.3) is 10.0 Å². The summed E-state index contributed by atoms with van der Waals surface area (Å²) in [6, 6.07) is 8.88. The summed E-state index contributed by atoms with van der Waals surface area (Å²) >= 11 is 1.17. The minimum atomic E-state index is -3.82. The van der Waals surface area contributed by atoms with Gasteiger partial charge in [-0.1, -0.05) is 6.07 Å². The van der Waals surface area contributed by atoms with Crippen LogP contribution in [0.5, 0.6) is 5.75 Å². The van der Waals surface area contributed by atoms with E-state index in [2.05, 4.69) is 19.7 Å². The molecule has 7 nitrogen and oxygen atoms in total. The topological polar surface area (TPSA) is 105 Å². The molecule has 0 amide bonds. The van der Waals surface area contributed by atoms with Crippen molar-refractivity contribution in [2.24, 2.45) is 0 Å². The summed E-state index contributed by atoms with van der Waals surface area (Å²) in [6.45, 7) is -0.689. The summed E-state index contributed by atoms with van der Waals surface area (Å²) in [5.41, 5.74) is 1.56. The number of alkyl halides is 1. The van der Waals surface area contributed by atoms with Gasteiger partial charge in [0.2, 0.25) is 0 Å². The zero-order valence-corrected chi connectivity index (χ0v) is 15.8. The molecule has 28 heavy (non-hydrogen) atoms. The average molecular weight is 416 g/mol. The van der Waals surface area contributed by atoms with Crippen LogP contribution in [0.4, 0.5) is 9.52 Å². The molecule has 0 aliphatic rings. The van der Waals surface area contributed by atoms with Crippen molar-refractivity contribution >= 4 is 37.4 Å². The zero-order valence-electron chi connectivity index (χ0n) is 14.2. The van der Waals surface area contributed by atoms with Crippen molar-refractivity contribution in [1.82, 2.24) is 15.0 Å². The van der Waals surface area contributed by atoms with E-state index >= 15 is 0 Å². The maximum Gasteiger partial charge on any atom is 0.263 e. The number of anilines is 1. The van der Waals surface area contributed by atoms with Crippen molar-refractivity contribution in [3.8, 4) is 17.0 Å². The normalized spacial score (nSPS) is 11.6. The highest BCUT2D eigenvalue weighted by Gasteiger charge is 2.18. The number of rotatable bonds is 5. The first kappa shape index (κ1) is 18.3. The highest BCUT2D eigenvalue weighted by molar-refractivity contribution is 7.93. The summed E-state index contributed by atoms with van der Waals surface area (Å²) < 4.78 is 40.3. The van der Waals surface area contributed by atoms with E-state index in [1.807, 2.05) is 0 Å². The molecule has 2 aromatic carbocycles. The Balaban J connectivity index is 1.78. The number of hydrogen-bond donors (Lipinski definition) is 2. The standard InChI is InChI=1S/C18H13FN4O3S2/c19-9-11-1-3-14(16(24)7-11)17-13-4-2-12(8-15(13)21-10-22-17)28(25,26)23-18-20-5-6-27-18/h1-8,10,24H,9H2,(H,20,23). The molecule has 0 spiro atoms. The van der Waals surface area contributed by atoms with E-state index in [1.54, 1.807) is 23.6 Å². The van der Waals surface area contributed by atoms with Crippen LogP contribution in [0.15, 0.2) is 59.2 Å². The molecule has 0 radical (unpaired) electrons. The summed E-state index contributed by atoms with van der Waals surface area (Å²) in [5.74, 6) is -0.114. The van der Waals surface area contributed by atoms with E-state index < -0.39 is 16.7 Å². The largest absolute Gasteiger partial charge is 0.507 e. The summed E-state index contributed by atoms with van der Waals surface area (Å²) in [4.78, 5) is 12.3. The van der Waals surface area contributed by atoms with Crippen LogP contribution in [-0.4, -0.2) is 28.5 Å². The Bertz CT molecular complexity index is 1260. The van der Waals surface area contributed by atoms with Crippen molar-refractivity contribution in [2.45, 2.75) is 11.6 Å². The zero-order chi connectivity index (χ0) is 19.7. The summed E-state index contributed by atoms with van der Waals surface area (Å²) in [7, 11) is -3.82. The fourth-order valence-electron chi connectivity index (χ4n) is 2.73. The number of thiazole rings is 1. The predicted octanol–water partition coefficient (Wildman–Crippen LogP) is 3.73. The summed E-state index contributed by atoms with van der Waals surface area (Å²) in [6.07, 6.45) is 2.79. The molecule has 0 atom stereocenters. The van der Waals surface area contributed by atoms with Crippen molar-refractivity contribution in [3.05, 3.63) is 59.9 Å². The monoisotopic (exact) mass is 416 g/mol. The maximum atomic E-state index is 12.8. The summed E-state index contributed by atoms with van der Waals surface area (Å²) in [5, 5.41) is 12.7. The number of nitrogens with zero attached hydrogens (tertiary/aromatic N) is 3. The highest BCUT2D eigenvalue weighted by atomic mass is 32.2. The van der Waals surface area contributed by atoms with Crippen molar-refractivity contribution in [2.75, 3.05) is 4.72 Å². The van der Waals surface area contributed by atoms with Gasteiger partial charge < -0.3 is 5.11 Å². The van der Waals surface area contributed by atoms with Crippen molar-refractivity contribution in [3.63, 3.8) is 0 Å². The highest BCUT2D eigenvalue weighted by Crippen LogP contribution is 2.33. The lowest BCUT2D eigenvalue weighted by molar-refractivity contribution is 0.464. The van der Waals surface area contributed by atoms with E-state index in [0.717, 1.165) is 0 Å². The minimum absolute atomic E-state index is 0.0249. The van der Waals surface area contributed by atoms with Gasteiger partial charge in [-0.2, -0.15) is 0 Å². The van der Waals surface area contributed by atoms with E-state index in [-0.39, 0.29) is 15.8 Å². The lowest BCUT2D eigenvalue weighted by Crippen LogP contribution is -2.12. The number of nitrogens with one attached hydrogen (secondary N) is 1. The van der Waals surface area contributed by atoms with Crippen molar-refractivity contribution in [1.29, 1.82) is 0 Å². The third kappa shape index (κ3) is 3.39. The Labute approximate surface area is 163 Å². The van der Waals surface area contributed by atoms with Gasteiger partial charge in [0.15, 0.2) is 5.13 Å². The van der Waals surface area contributed by atoms with Crippen LogP contribution < -0.4 is 4.72 Å². The number of halogens is 1. The van der Waals surface area contributed by atoms with Gasteiger partial charge in [0, 0.05) is 22.5 Å². The molecule has 0 aliphatic carbocycles. The van der Waals surface area contributed by atoms with Crippen LogP contribution >= 0.6 is 11.3 Å². The first-order valence-electron chi connectivity index (χ1n) is 8.03. The van der Waals surface area contributed by atoms with Crippen LogP contribution in [0.3, 0.4) is 0 Å². The molecule has 2 heterocycles. The molecule has 142 valence electrons. The fourth-order valence-corrected chi connectivity index (χ4v) is 4.54. The Morgan fingerprint density at radius 1 is 1.11 bits per heavy atom. The Kier molecular flexibility index (Phi) is 4.65. The molecule has 4 aromatic rings. The average Bonchev–Trinajstić information content (AvgIpc) is 3.19. The van der Waals surface area contributed by atoms with Gasteiger partial charge in [0.05, 0.1) is 16.1 Å². The fraction of sp³-hybridized carbons (Fsp3) is 0.0556. The number of benzene rings is 2. The number of sulfonamides is 1. The maximum absolute atomic E-state index is 12.8. The van der Waals surface area contributed by atoms with E-state index in [9.17, 15) is 17.9 Å². The van der Waals surface area contributed by atoms with Crippen LogP contribution in [0, 0.1) is 0 Å². The first-order valence-corrected chi connectivity index (χ1v) is 10.4. The number of phenolic OH excluding ortho intramolecular Hbond substituents is 1. The van der Waals surface area contributed by atoms with Crippen LogP contribution in [0.25, 0.3) is 22.2 Å². The molecular weight excluding hydrogens is 403 g/mol. The second-order valence-electron chi connectivity index (χ2n) is 5.83. The van der Waals surface area contributed by atoms with E-state index in [0.29, 0.717) is 27.7 Å². The molecule has 10 heteroatoms. The van der Waals surface area contributed by atoms with Gasteiger partial charge in [-0.3, -0.25) is 4.72 Å². The molecule has 0 bridgehead atoms. The van der Waals surface area contributed by atoms with Gasteiger partial charge in [-0.25, -0.2) is 27.8 Å².